The van der Waals surface area contributed by atoms with Crippen molar-refractivity contribution < 1.29 is 4.79 Å². The second-order valence-electron chi connectivity index (χ2n) is 5.44. The molecule has 0 aliphatic heterocycles. The van der Waals surface area contributed by atoms with Crippen LogP contribution in [0.2, 0.25) is 0 Å². The van der Waals surface area contributed by atoms with Gasteiger partial charge in [-0.2, -0.15) is 0 Å². The Morgan fingerprint density at radius 3 is 2.14 bits per heavy atom. The molecule has 0 aliphatic rings. The summed E-state index contributed by atoms with van der Waals surface area (Å²) in [6.07, 6.45) is 2.93. The van der Waals surface area contributed by atoms with Crippen LogP contribution in [0.5, 0.6) is 0 Å². The molecule has 3 nitrogen and oxygen atoms in total. The van der Waals surface area contributed by atoms with Crippen molar-refractivity contribution in [2.75, 3.05) is 20.1 Å². The zero-order chi connectivity index (χ0) is 15.9. The van der Waals surface area contributed by atoms with Gasteiger partial charge in [0.15, 0.2) is 0 Å². The summed E-state index contributed by atoms with van der Waals surface area (Å²) in [5.41, 5.74) is 9.32. The second-order valence-corrected chi connectivity index (χ2v) is 5.44. The first-order chi connectivity index (χ1) is 10.6. The van der Waals surface area contributed by atoms with Crippen LogP contribution in [0, 0.1) is 0 Å². The van der Waals surface area contributed by atoms with Gasteiger partial charge in [0, 0.05) is 18.7 Å². The maximum atomic E-state index is 11.1. The van der Waals surface area contributed by atoms with Crippen LogP contribution in [0.4, 0.5) is 0 Å². The van der Waals surface area contributed by atoms with E-state index in [1.807, 2.05) is 18.2 Å². The zero-order valence-corrected chi connectivity index (χ0v) is 13.0. The number of likely N-dealkylation sites (N-methyl/N-ethyl adjacent to an activating group) is 1. The lowest BCUT2D eigenvalue weighted by molar-refractivity contribution is 0.100. The SMILES string of the molecule is C=CCN(C)CCc1ccc(-c2ccc(C(N)=O)cc2)cc1. The van der Waals surface area contributed by atoms with Gasteiger partial charge in [-0.05, 0) is 42.3 Å². The summed E-state index contributed by atoms with van der Waals surface area (Å²) >= 11 is 0. The highest BCUT2D eigenvalue weighted by atomic mass is 16.1. The lowest BCUT2D eigenvalue weighted by Gasteiger charge is -2.14. The number of nitrogens with zero attached hydrogens (tertiary/aromatic N) is 1. The van der Waals surface area contributed by atoms with E-state index in [0.29, 0.717) is 5.56 Å². The van der Waals surface area contributed by atoms with E-state index in [2.05, 4.69) is 42.8 Å². The molecule has 0 aliphatic carbocycles. The average molecular weight is 294 g/mol. The Labute approximate surface area is 132 Å². The van der Waals surface area contributed by atoms with Crippen LogP contribution in [-0.2, 0) is 6.42 Å². The Hall–Kier alpha value is -2.39. The van der Waals surface area contributed by atoms with Crippen molar-refractivity contribution in [3.8, 4) is 11.1 Å². The molecular formula is C19H22N2O. The van der Waals surface area contributed by atoms with Gasteiger partial charge in [0.2, 0.25) is 5.91 Å². The van der Waals surface area contributed by atoms with Crippen LogP contribution in [0.1, 0.15) is 15.9 Å². The number of nitrogens with two attached hydrogens (primary N) is 1. The van der Waals surface area contributed by atoms with E-state index in [-0.39, 0.29) is 0 Å². The highest BCUT2D eigenvalue weighted by Gasteiger charge is 2.02. The van der Waals surface area contributed by atoms with Crippen molar-refractivity contribution >= 4 is 5.91 Å². The van der Waals surface area contributed by atoms with Gasteiger partial charge in [-0.3, -0.25) is 4.79 Å². The number of rotatable bonds is 7. The van der Waals surface area contributed by atoms with E-state index in [0.717, 1.165) is 30.6 Å². The molecule has 0 saturated carbocycles. The molecule has 0 aromatic heterocycles. The quantitative estimate of drug-likeness (QED) is 0.798. The normalized spacial score (nSPS) is 10.6. The van der Waals surface area contributed by atoms with Gasteiger partial charge in [0.25, 0.3) is 0 Å². The second kappa shape index (κ2) is 7.57. The maximum absolute atomic E-state index is 11.1. The molecule has 0 bridgehead atoms. The van der Waals surface area contributed by atoms with Crippen molar-refractivity contribution in [2.24, 2.45) is 5.73 Å². The van der Waals surface area contributed by atoms with Crippen LogP contribution >= 0.6 is 0 Å². The zero-order valence-electron chi connectivity index (χ0n) is 13.0. The van der Waals surface area contributed by atoms with E-state index < -0.39 is 5.91 Å². The minimum absolute atomic E-state index is 0.398. The first kappa shape index (κ1) is 16.0. The van der Waals surface area contributed by atoms with Gasteiger partial charge in [-0.1, -0.05) is 42.5 Å². The number of hydrogen-bond donors (Lipinski definition) is 1. The molecule has 0 unspecified atom stereocenters. The first-order valence-electron chi connectivity index (χ1n) is 7.39. The minimum Gasteiger partial charge on any atom is -0.366 e. The van der Waals surface area contributed by atoms with E-state index >= 15 is 0 Å². The van der Waals surface area contributed by atoms with Crippen LogP contribution in [0.3, 0.4) is 0 Å². The molecule has 2 N–H and O–H groups in total. The van der Waals surface area contributed by atoms with Crippen molar-refractivity contribution in [1.29, 1.82) is 0 Å². The Kier molecular flexibility index (Phi) is 5.50. The van der Waals surface area contributed by atoms with Gasteiger partial charge >= 0.3 is 0 Å². The summed E-state index contributed by atoms with van der Waals surface area (Å²) in [5.74, 6) is -0.398. The van der Waals surface area contributed by atoms with Crippen LogP contribution in [0.15, 0.2) is 61.2 Å². The molecule has 114 valence electrons. The predicted octanol–water partition coefficient (Wildman–Crippen LogP) is 3.11. The molecule has 2 aromatic rings. The highest BCUT2D eigenvalue weighted by molar-refractivity contribution is 5.93. The van der Waals surface area contributed by atoms with Crippen LogP contribution < -0.4 is 5.73 Å². The number of primary amides is 1. The van der Waals surface area contributed by atoms with E-state index in [4.69, 9.17) is 5.73 Å². The van der Waals surface area contributed by atoms with E-state index in [1.54, 1.807) is 12.1 Å². The minimum atomic E-state index is -0.398. The lowest BCUT2D eigenvalue weighted by atomic mass is 10.0. The summed E-state index contributed by atoms with van der Waals surface area (Å²) < 4.78 is 0. The molecule has 2 aromatic carbocycles. The standard InChI is InChI=1S/C19H22N2O/c1-3-13-21(2)14-12-15-4-6-16(7-5-15)17-8-10-18(11-9-17)19(20)22/h3-11H,1,12-14H2,2H3,(H2,20,22). The topological polar surface area (TPSA) is 46.3 Å². The fraction of sp³-hybridized carbons (Fsp3) is 0.211. The smallest absolute Gasteiger partial charge is 0.248 e. The van der Waals surface area contributed by atoms with Crippen LogP contribution in [-0.4, -0.2) is 30.9 Å². The van der Waals surface area contributed by atoms with Crippen molar-refractivity contribution in [3.05, 3.63) is 72.3 Å². The van der Waals surface area contributed by atoms with Gasteiger partial charge < -0.3 is 10.6 Å². The van der Waals surface area contributed by atoms with Gasteiger partial charge in [0.1, 0.15) is 0 Å². The van der Waals surface area contributed by atoms with E-state index in [1.165, 1.54) is 5.56 Å². The summed E-state index contributed by atoms with van der Waals surface area (Å²) in [6.45, 7) is 5.67. The Bertz CT molecular complexity index is 629. The third-order valence-electron chi connectivity index (χ3n) is 3.68. The Morgan fingerprint density at radius 1 is 1.09 bits per heavy atom. The molecule has 0 heterocycles. The van der Waals surface area contributed by atoms with E-state index in [9.17, 15) is 4.79 Å². The lowest BCUT2D eigenvalue weighted by Crippen LogP contribution is -2.20. The van der Waals surface area contributed by atoms with Crippen molar-refractivity contribution in [2.45, 2.75) is 6.42 Å². The monoisotopic (exact) mass is 294 g/mol. The third kappa shape index (κ3) is 4.30. The fourth-order valence-corrected chi connectivity index (χ4v) is 2.32. The highest BCUT2D eigenvalue weighted by Crippen LogP contribution is 2.20. The molecule has 1 amide bonds. The van der Waals surface area contributed by atoms with Crippen molar-refractivity contribution in [1.82, 2.24) is 4.90 Å². The van der Waals surface area contributed by atoms with Gasteiger partial charge in [-0.25, -0.2) is 0 Å². The summed E-state index contributed by atoms with van der Waals surface area (Å²) in [6, 6.07) is 15.9. The fourth-order valence-electron chi connectivity index (χ4n) is 2.32. The number of amides is 1. The summed E-state index contributed by atoms with van der Waals surface area (Å²) in [4.78, 5) is 13.3. The molecule has 0 spiro atoms. The molecule has 2 rings (SSSR count). The van der Waals surface area contributed by atoms with Gasteiger partial charge in [-0.15, -0.1) is 6.58 Å². The first-order valence-corrected chi connectivity index (χ1v) is 7.39. The van der Waals surface area contributed by atoms with Gasteiger partial charge in [0.05, 0.1) is 0 Å². The number of benzene rings is 2. The molecule has 0 saturated heterocycles. The summed E-state index contributed by atoms with van der Waals surface area (Å²) in [7, 11) is 2.09. The number of hydrogen-bond acceptors (Lipinski definition) is 2. The molecule has 0 radical (unpaired) electrons. The molecule has 22 heavy (non-hydrogen) atoms. The number of carbonyl (C=O) groups is 1. The molecule has 0 fully saturated rings. The molecular weight excluding hydrogens is 272 g/mol. The van der Waals surface area contributed by atoms with Crippen molar-refractivity contribution in [3.63, 3.8) is 0 Å². The predicted molar refractivity (Wildman–Crippen MR) is 91.8 cm³/mol. The third-order valence-corrected chi connectivity index (χ3v) is 3.68. The average Bonchev–Trinajstić information content (AvgIpc) is 2.54. The number of carbonyl (C=O) groups excluding carboxylic acids is 1. The summed E-state index contributed by atoms with van der Waals surface area (Å²) in [5, 5.41) is 0. The maximum Gasteiger partial charge on any atom is 0.248 e. The molecule has 3 heteroatoms. The Balaban J connectivity index is 2.02. The Morgan fingerprint density at radius 2 is 1.64 bits per heavy atom. The van der Waals surface area contributed by atoms with Crippen LogP contribution in [0.25, 0.3) is 11.1 Å². The largest absolute Gasteiger partial charge is 0.366 e. The molecule has 0 atom stereocenters.